The number of piperazine rings is 1. The van der Waals surface area contributed by atoms with Gasteiger partial charge in [-0.15, -0.1) is 0 Å². The highest BCUT2D eigenvalue weighted by Gasteiger charge is 2.32. The number of nitrogens with zero attached hydrogens (tertiary/aromatic N) is 5. The minimum atomic E-state index is 0.254. The van der Waals surface area contributed by atoms with Crippen molar-refractivity contribution in [2.75, 3.05) is 37.7 Å². The largest absolute Gasteiger partial charge is 0.396 e. The van der Waals surface area contributed by atoms with Gasteiger partial charge in [-0.1, -0.05) is 13.8 Å². The molecule has 0 spiro atoms. The van der Waals surface area contributed by atoms with Gasteiger partial charge in [0.05, 0.1) is 5.69 Å². The van der Waals surface area contributed by atoms with Crippen molar-refractivity contribution in [1.82, 2.24) is 19.5 Å². The Morgan fingerprint density at radius 2 is 2.04 bits per heavy atom. The number of fused-ring (bicyclic) bond motifs is 1. The molecule has 0 bridgehead atoms. The Kier molecular flexibility index (Phi) is 4.88. The molecule has 2 fully saturated rings. The second-order valence-corrected chi connectivity index (χ2v) is 8.30. The van der Waals surface area contributed by atoms with Crippen LogP contribution in [0.2, 0.25) is 0 Å². The summed E-state index contributed by atoms with van der Waals surface area (Å²) < 4.78 is 1.99. The lowest BCUT2D eigenvalue weighted by atomic mass is 10.1. The SMILES string of the molecule is Cc1cc2nc(C(C)C)cc(N3CCN(CC4CC4)[C@@H](CCO)C3)n2n1. The van der Waals surface area contributed by atoms with Crippen molar-refractivity contribution in [1.29, 1.82) is 0 Å². The molecule has 142 valence electrons. The van der Waals surface area contributed by atoms with Crippen molar-refractivity contribution in [3.8, 4) is 0 Å². The molecule has 0 amide bonds. The molecular weight excluding hydrogens is 326 g/mol. The lowest BCUT2D eigenvalue weighted by Crippen LogP contribution is -2.54. The van der Waals surface area contributed by atoms with E-state index in [2.05, 4.69) is 40.9 Å². The number of aromatic nitrogens is 3. The zero-order chi connectivity index (χ0) is 18.3. The predicted molar refractivity (Wildman–Crippen MR) is 104 cm³/mol. The molecule has 4 rings (SSSR count). The van der Waals surface area contributed by atoms with E-state index in [0.717, 1.165) is 54.8 Å². The first-order chi connectivity index (χ1) is 12.5. The number of hydrogen-bond acceptors (Lipinski definition) is 5. The van der Waals surface area contributed by atoms with Crippen LogP contribution in [0.25, 0.3) is 5.65 Å². The average Bonchev–Trinajstić information content (AvgIpc) is 3.34. The molecule has 1 aliphatic heterocycles. The normalized spacial score (nSPS) is 21.9. The molecule has 6 heteroatoms. The molecule has 6 nitrogen and oxygen atoms in total. The van der Waals surface area contributed by atoms with E-state index in [0.29, 0.717) is 12.0 Å². The summed E-state index contributed by atoms with van der Waals surface area (Å²) >= 11 is 0. The molecule has 1 atom stereocenters. The van der Waals surface area contributed by atoms with E-state index in [9.17, 15) is 5.11 Å². The average molecular weight is 358 g/mol. The lowest BCUT2D eigenvalue weighted by molar-refractivity contribution is 0.136. The summed E-state index contributed by atoms with van der Waals surface area (Å²) in [7, 11) is 0. The number of aliphatic hydroxyl groups is 1. The number of aliphatic hydroxyl groups excluding tert-OH is 1. The summed E-state index contributed by atoms with van der Waals surface area (Å²) in [6, 6.07) is 4.68. The van der Waals surface area contributed by atoms with Gasteiger partial charge in [0.1, 0.15) is 5.82 Å². The van der Waals surface area contributed by atoms with Gasteiger partial charge in [-0.2, -0.15) is 9.61 Å². The molecule has 0 aromatic carbocycles. The zero-order valence-electron chi connectivity index (χ0n) is 16.2. The van der Waals surface area contributed by atoms with E-state index in [4.69, 9.17) is 4.98 Å². The number of hydrogen-bond donors (Lipinski definition) is 1. The van der Waals surface area contributed by atoms with Crippen LogP contribution in [0.1, 0.15) is 50.4 Å². The molecule has 3 heterocycles. The van der Waals surface area contributed by atoms with Crippen LogP contribution < -0.4 is 4.90 Å². The molecule has 1 saturated heterocycles. The molecule has 2 aromatic heterocycles. The fourth-order valence-electron chi connectivity index (χ4n) is 4.01. The van der Waals surface area contributed by atoms with Gasteiger partial charge in [0.25, 0.3) is 0 Å². The van der Waals surface area contributed by atoms with Crippen molar-refractivity contribution in [2.45, 2.75) is 52.0 Å². The van der Waals surface area contributed by atoms with Crippen molar-refractivity contribution in [3.63, 3.8) is 0 Å². The smallest absolute Gasteiger partial charge is 0.157 e. The molecule has 1 N–H and O–H groups in total. The summed E-state index contributed by atoms with van der Waals surface area (Å²) in [4.78, 5) is 9.83. The lowest BCUT2D eigenvalue weighted by Gasteiger charge is -2.42. The summed E-state index contributed by atoms with van der Waals surface area (Å²) in [5, 5.41) is 14.2. The van der Waals surface area contributed by atoms with E-state index in [1.807, 2.05) is 11.4 Å². The number of aryl methyl sites for hydroxylation is 1. The number of rotatable bonds is 6. The number of anilines is 1. The fourth-order valence-corrected chi connectivity index (χ4v) is 4.01. The highest BCUT2D eigenvalue weighted by molar-refractivity contribution is 5.53. The first-order valence-corrected chi connectivity index (χ1v) is 10.0. The van der Waals surface area contributed by atoms with E-state index in [1.54, 1.807) is 0 Å². The van der Waals surface area contributed by atoms with Gasteiger partial charge in [-0.3, -0.25) is 4.90 Å². The third kappa shape index (κ3) is 3.58. The van der Waals surface area contributed by atoms with Crippen LogP contribution in [0.15, 0.2) is 12.1 Å². The van der Waals surface area contributed by atoms with Crippen molar-refractivity contribution in [2.24, 2.45) is 5.92 Å². The molecule has 0 radical (unpaired) electrons. The Morgan fingerprint density at radius 1 is 1.23 bits per heavy atom. The highest BCUT2D eigenvalue weighted by Crippen LogP contribution is 2.32. The van der Waals surface area contributed by atoms with Gasteiger partial charge < -0.3 is 10.0 Å². The molecule has 1 saturated carbocycles. The van der Waals surface area contributed by atoms with E-state index < -0.39 is 0 Å². The van der Waals surface area contributed by atoms with Crippen LogP contribution in [0, 0.1) is 12.8 Å². The summed E-state index contributed by atoms with van der Waals surface area (Å²) in [6.45, 7) is 10.9. The van der Waals surface area contributed by atoms with Gasteiger partial charge >= 0.3 is 0 Å². The van der Waals surface area contributed by atoms with Crippen molar-refractivity contribution in [3.05, 3.63) is 23.5 Å². The summed E-state index contributed by atoms with van der Waals surface area (Å²) in [6.07, 6.45) is 3.59. The summed E-state index contributed by atoms with van der Waals surface area (Å²) in [5.41, 5.74) is 3.05. The van der Waals surface area contributed by atoms with Crippen molar-refractivity contribution < 1.29 is 5.11 Å². The maximum Gasteiger partial charge on any atom is 0.157 e. The topological polar surface area (TPSA) is 56.9 Å². The van der Waals surface area contributed by atoms with Crippen LogP contribution in [0.4, 0.5) is 5.82 Å². The van der Waals surface area contributed by atoms with Crippen LogP contribution in [0.5, 0.6) is 0 Å². The third-order valence-electron chi connectivity index (χ3n) is 5.72. The fraction of sp³-hybridized carbons (Fsp3) is 0.700. The van der Waals surface area contributed by atoms with Gasteiger partial charge in [-0.05, 0) is 38.0 Å². The van der Waals surface area contributed by atoms with Crippen LogP contribution in [0.3, 0.4) is 0 Å². The van der Waals surface area contributed by atoms with Gasteiger partial charge in [-0.25, -0.2) is 4.98 Å². The maximum atomic E-state index is 9.56. The monoisotopic (exact) mass is 357 g/mol. The highest BCUT2D eigenvalue weighted by atomic mass is 16.3. The Balaban J connectivity index is 1.63. The second kappa shape index (κ2) is 7.16. The molecule has 26 heavy (non-hydrogen) atoms. The minimum absolute atomic E-state index is 0.254. The predicted octanol–water partition coefficient (Wildman–Crippen LogP) is 2.44. The minimum Gasteiger partial charge on any atom is -0.396 e. The standard InChI is InChI=1S/C20H31N5O/c1-14(2)18-11-20(25-19(21-18)10-15(3)22-25)24-8-7-23(12-16-4-5-16)17(13-24)6-9-26/h10-11,14,16-17,26H,4-9,12-13H2,1-3H3/t17-/m0/s1. The van der Waals surface area contributed by atoms with Crippen LogP contribution in [-0.4, -0.2) is 63.4 Å². The first-order valence-electron chi connectivity index (χ1n) is 10.0. The third-order valence-corrected chi connectivity index (χ3v) is 5.72. The Hall–Kier alpha value is -1.66. The molecular formula is C20H31N5O. The zero-order valence-corrected chi connectivity index (χ0v) is 16.2. The molecule has 2 aromatic rings. The second-order valence-electron chi connectivity index (χ2n) is 8.30. The van der Waals surface area contributed by atoms with E-state index >= 15 is 0 Å². The molecule has 2 aliphatic rings. The van der Waals surface area contributed by atoms with E-state index in [1.165, 1.54) is 19.4 Å². The Labute approximate surface area is 155 Å². The van der Waals surface area contributed by atoms with Crippen molar-refractivity contribution >= 4 is 11.5 Å². The van der Waals surface area contributed by atoms with Gasteiger partial charge in [0.2, 0.25) is 0 Å². The summed E-state index contributed by atoms with van der Waals surface area (Å²) in [5.74, 6) is 2.41. The molecule has 1 aliphatic carbocycles. The molecule has 0 unspecified atom stereocenters. The van der Waals surface area contributed by atoms with Crippen LogP contribution >= 0.6 is 0 Å². The van der Waals surface area contributed by atoms with E-state index in [-0.39, 0.29) is 6.61 Å². The maximum absolute atomic E-state index is 9.56. The van der Waals surface area contributed by atoms with Crippen LogP contribution in [-0.2, 0) is 0 Å². The Bertz CT molecular complexity index is 767. The van der Waals surface area contributed by atoms with Gasteiger partial charge in [0.15, 0.2) is 5.65 Å². The Morgan fingerprint density at radius 3 is 2.73 bits per heavy atom. The van der Waals surface area contributed by atoms with Gasteiger partial charge in [0, 0.05) is 56.7 Å². The quantitative estimate of drug-likeness (QED) is 0.861. The first kappa shape index (κ1) is 17.7.